The molecule has 0 aromatic heterocycles. The summed E-state index contributed by atoms with van der Waals surface area (Å²) in [6.07, 6.45) is 5.86. The number of carbonyl (C=O) groups is 2. The van der Waals surface area contributed by atoms with Gasteiger partial charge in [-0.2, -0.15) is 0 Å². The van der Waals surface area contributed by atoms with Crippen molar-refractivity contribution < 1.29 is 9.59 Å². The maximum atomic E-state index is 12.1. The van der Waals surface area contributed by atoms with Crippen molar-refractivity contribution in [2.45, 2.75) is 46.1 Å². The van der Waals surface area contributed by atoms with Crippen molar-refractivity contribution in [1.29, 1.82) is 0 Å². The normalized spacial score (nSPS) is 18.7. The highest BCUT2D eigenvalue weighted by atomic mass is 16.2. The van der Waals surface area contributed by atoms with Crippen LogP contribution in [-0.4, -0.2) is 41.9 Å². The van der Waals surface area contributed by atoms with E-state index < -0.39 is 0 Å². The zero-order chi connectivity index (χ0) is 19.2. The van der Waals surface area contributed by atoms with Crippen LogP contribution in [0, 0.1) is 5.92 Å². The predicted octanol–water partition coefficient (Wildman–Crippen LogP) is 3.28. The van der Waals surface area contributed by atoms with E-state index in [-0.39, 0.29) is 17.4 Å². The number of nitrogens with zero attached hydrogens (tertiary/aromatic N) is 1. The maximum absolute atomic E-state index is 12.1. The first-order valence-corrected chi connectivity index (χ1v) is 9.35. The van der Waals surface area contributed by atoms with Crippen LogP contribution in [0.3, 0.4) is 0 Å². The number of benzene rings is 1. The minimum Gasteiger partial charge on any atom is -0.351 e. The molecule has 1 fully saturated rings. The lowest BCUT2D eigenvalue weighted by atomic mass is 9.93. The molecule has 2 rings (SSSR count). The van der Waals surface area contributed by atoms with Crippen LogP contribution in [0.2, 0.25) is 0 Å². The zero-order valence-corrected chi connectivity index (χ0v) is 16.3. The van der Waals surface area contributed by atoms with Crippen molar-refractivity contribution >= 4 is 23.6 Å². The molecule has 1 heterocycles. The molecule has 1 aromatic rings. The van der Waals surface area contributed by atoms with Crippen LogP contribution in [-0.2, 0) is 9.59 Å². The van der Waals surface area contributed by atoms with Gasteiger partial charge in [-0.25, -0.2) is 0 Å². The summed E-state index contributed by atoms with van der Waals surface area (Å²) < 4.78 is 0. The van der Waals surface area contributed by atoms with Crippen LogP contribution < -0.4 is 10.6 Å². The van der Waals surface area contributed by atoms with Crippen LogP contribution in [0.4, 0.5) is 5.69 Å². The molecule has 1 aliphatic rings. The number of hydrogen-bond acceptors (Lipinski definition) is 3. The van der Waals surface area contributed by atoms with Crippen molar-refractivity contribution in [3.05, 3.63) is 35.9 Å². The van der Waals surface area contributed by atoms with Crippen LogP contribution in [0.5, 0.6) is 0 Å². The summed E-state index contributed by atoms with van der Waals surface area (Å²) in [5.74, 6) is 0.534. The van der Waals surface area contributed by atoms with Crippen molar-refractivity contribution in [2.24, 2.45) is 5.92 Å². The third kappa shape index (κ3) is 6.30. The highest BCUT2D eigenvalue weighted by Crippen LogP contribution is 2.23. The molecule has 5 nitrogen and oxygen atoms in total. The van der Waals surface area contributed by atoms with Crippen LogP contribution in [0.1, 0.15) is 46.1 Å². The van der Waals surface area contributed by atoms with Crippen molar-refractivity contribution in [3.8, 4) is 0 Å². The number of anilines is 1. The van der Waals surface area contributed by atoms with Gasteiger partial charge in [0.15, 0.2) is 0 Å². The van der Waals surface area contributed by atoms with E-state index in [9.17, 15) is 9.59 Å². The van der Waals surface area contributed by atoms with E-state index in [2.05, 4.69) is 36.3 Å². The number of hydrogen-bond donors (Lipinski definition) is 2. The van der Waals surface area contributed by atoms with E-state index in [0.717, 1.165) is 30.3 Å². The lowest BCUT2D eigenvalue weighted by molar-refractivity contribution is -0.117. The van der Waals surface area contributed by atoms with Gasteiger partial charge in [0.2, 0.25) is 11.8 Å². The topological polar surface area (TPSA) is 61.4 Å². The van der Waals surface area contributed by atoms with Gasteiger partial charge in [0.25, 0.3) is 0 Å². The Kier molecular flexibility index (Phi) is 6.98. The summed E-state index contributed by atoms with van der Waals surface area (Å²) in [6.45, 7) is 11.0. The van der Waals surface area contributed by atoms with Gasteiger partial charge in [-0.15, -0.1) is 0 Å². The van der Waals surface area contributed by atoms with Crippen molar-refractivity contribution in [2.75, 3.05) is 25.0 Å². The summed E-state index contributed by atoms with van der Waals surface area (Å²) in [6, 6.07) is 7.38. The Hall–Kier alpha value is -2.14. The number of amides is 2. The molecule has 2 N–H and O–H groups in total. The molecule has 0 spiro atoms. The Labute approximate surface area is 156 Å². The highest BCUT2D eigenvalue weighted by Gasteiger charge is 2.30. The second-order valence-corrected chi connectivity index (χ2v) is 7.86. The molecular formula is C21H31N3O2. The third-order valence-electron chi connectivity index (χ3n) is 4.87. The average molecular weight is 357 g/mol. The van der Waals surface area contributed by atoms with Crippen molar-refractivity contribution in [3.63, 3.8) is 0 Å². The molecule has 1 aliphatic heterocycles. The summed E-state index contributed by atoms with van der Waals surface area (Å²) in [4.78, 5) is 25.6. The van der Waals surface area contributed by atoms with Gasteiger partial charge in [-0.3, -0.25) is 14.5 Å². The van der Waals surface area contributed by atoms with Gasteiger partial charge in [-0.1, -0.05) is 19.1 Å². The summed E-state index contributed by atoms with van der Waals surface area (Å²) in [5, 5.41) is 5.74. The van der Waals surface area contributed by atoms with Gasteiger partial charge in [0.1, 0.15) is 0 Å². The van der Waals surface area contributed by atoms with Crippen LogP contribution in [0.15, 0.2) is 30.3 Å². The fourth-order valence-electron chi connectivity index (χ4n) is 3.27. The van der Waals surface area contributed by atoms with E-state index in [1.807, 2.05) is 24.3 Å². The fraction of sp³-hybridized carbons (Fsp3) is 0.524. The number of piperidine rings is 1. The van der Waals surface area contributed by atoms with Crippen LogP contribution in [0.25, 0.3) is 6.08 Å². The molecule has 1 aromatic carbocycles. The van der Waals surface area contributed by atoms with Crippen molar-refractivity contribution in [1.82, 2.24) is 10.2 Å². The lowest BCUT2D eigenvalue weighted by Crippen LogP contribution is -2.54. The molecule has 0 radical (unpaired) electrons. The molecule has 5 heteroatoms. The van der Waals surface area contributed by atoms with Gasteiger partial charge >= 0.3 is 0 Å². The number of nitrogens with one attached hydrogen (secondary N) is 2. The molecular weight excluding hydrogens is 326 g/mol. The second kappa shape index (κ2) is 8.99. The maximum Gasteiger partial charge on any atom is 0.244 e. The van der Waals surface area contributed by atoms with Crippen LogP contribution >= 0.6 is 0 Å². The Morgan fingerprint density at radius 3 is 2.58 bits per heavy atom. The molecule has 1 unspecified atom stereocenters. The standard InChI is InChI=1S/C21H31N3O2/c1-16-6-5-13-24(14-16)21(3,4)15-22-20(26)12-9-18-7-10-19(11-8-18)23-17(2)25/h7-12,16H,5-6,13-15H2,1-4H3,(H,22,26)(H,23,25)/b12-9+. The van der Waals surface area contributed by atoms with E-state index >= 15 is 0 Å². The number of likely N-dealkylation sites (tertiary alicyclic amines) is 1. The van der Waals surface area contributed by atoms with Gasteiger partial charge in [-0.05, 0) is 62.9 Å². The van der Waals surface area contributed by atoms with E-state index in [0.29, 0.717) is 6.54 Å². The SMILES string of the molecule is CC(=O)Nc1ccc(/C=C/C(=O)NCC(C)(C)N2CCCC(C)C2)cc1. The monoisotopic (exact) mass is 357 g/mol. The quantitative estimate of drug-likeness (QED) is 0.768. The van der Waals surface area contributed by atoms with Gasteiger partial charge in [0, 0.05) is 37.3 Å². The largest absolute Gasteiger partial charge is 0.351 e. The van der Waals surface area contributed by atoms with Gasteiger partial charge in [0.05, 0.1) is 0 Å². The summed E-state index contributed by atoms with van der Waals surface area (Å²) in [5.41, 5.74) is 1.62. The minimum absolute atomic E-state index is 0.0435. The van der Waals surface area contributed by atoms with E-state index in [4.69, 9.17) is 0 Å². The molecule has 1 atom stereocenters. The molecule has 2 amide bonds. The van der Waals surface area contributed by atoms with E-state index in [1.54, 1.807) is 12.2 Å². The number of carbonyl (C=O) groups excluding carboxylic acids is 2. The average Bonchev–Trinajstić information content (AvgIpc) is 2.59. The summed E-state index contributed by atoms with van der Waals surface area (Å²) in [7, 11) is 0. The molecule has 0 saturated carbocycles. The Morgan fingerprint density at radius 1 is 1.27 bits per heavy atom. The molecule has 1 saturated heterocycles. The smallest absolute Gasteiger partial charge is 0.244 e. The molecule has 26 heavy (non-hydrogen) atoms. The third-order valence-corrected chi connectivity index (χ3v) is 4.87. The van der Waals surface area contributed by atoms with Gasteiger partial charge < -0.3 is 10.6 Å². The summed E-state index contributed by atoms with van der Waals surface area (Å²) >= 11 is 0. The Balaban J connectivity index is 1.83. The first-order chi connectivity index (χ1) is 12.3. The lowest BCUT2D eigenvalue weighted by Gasteiger charge is -2.43. The number of rotatable bonds is 6. The molecule has 0 bridgehead atoms. The molecule has 0 aliphatic carbocycles. The predicted molar refractivity (Wildman–Crippen MR) is 107 cm³/mol. The Morgan fingerprint density at radius 2 is 1.96 bits per heavy atom. The highest BCUT2D eigenvalue weighted by molar-refractivity contribution is 5.92. The fourth-order valence-corrected chi connectivity index (χ4v) is 3.27. The second-order valence-electron chi connectivity index (χ2n) is 7.86. The first-order valence-electron chi connectivity index (χ1n) is 9.35. The zero-order valence-electron chi connectivity index (χ0n) is 16.3. The van der Waals surface area contributed by atoms with E-state index in [1.165, 1.54) is 19.8 Å². The first kappa shape index (κ1) is 20.2. The minimum atomic E-state index is -0.0987. The molecule has 142 valence electrons. The Bertz CT molecular complexity index is 650.